The Labute approximate surface area is 154 Å². The number of ether oxygens (including phenoxy) is 1. The third kappa shape index (κ3) is 4.63. The van der Waals surface area contributed by atoms with Crippen LogP contribution in [-0.2, 0) is 20.7 Å². The van der Waals surface area contributed by atoms with Gasteiger partial charge in [0.2, 0.25) is 5.91 Å². The molecule has 0 aliphatic carbocycles. The molecule has 0 saturated carbocycles. The van der Waals surface area contributed by atoms with E-state index in [9.17, 15) is 14.6 Å². The van der Waals surface area contributed by atoms with Gasteiger partial charge in [-0.3, -0.25) is 9.59 Å². The fourth-order valence-corrected chi connectivity index (χ4v) is 3.44. The van der Waals surface area contributed by atoms with Crippen LogP contribution in [0.4, 0.5) is 0 Å². The number of thiophene rings is 1. The van der Waals surface area contributed by atoms with Gasteiger partial charge in [0.05, 0.1) is 24.9 Å². The second-order valence-corrected chi connectivity index (χ2v) is 6.92. The lowest BCUT2D eigenvalue weighted by Gasteiger charge is -2.29. The van der Waals surface area contributed by atoms with E-state index >= 15 is 0 Å². The summed E-state index contributed by atoms with van der Waals surface area (Å²) in [5.41, 5.74) is 0.553. The first-order valence-electron chi connectivity index (χ1n) is 8.11. The first-order chi connectivity index (χ1) is 12.5. The van der Waals surface area contributed by atoms with Crippen LogP contribution in [0.2, 0.25) is 0 Å². The van der Waals surface area contributed by atoms with Crippen molar-refractivity contribution in [3.63, 3.8) is 0 Å². The Kier molecular flexibility index (Phi) is 5.92. The van der Waals surface area contributed by atoms with Crippen molar-refractivity contribution in [3.05, 3.63) is 52.2 Å². The van der Waals surface area contributed by atoms with E-state index in [1.807, 2.05) is 17.5 Å². The van der Waals surface area contributed by atoms with Crippen molar-refractivity contribution in [3.8, 4) is 5.75 Å². The lowest BCUT2D eigenvalue weighted by molar-refractivity contribution is -0.139. The van der Waals surface area contributed by atoms with Crippen molar-refractivity contribution in [2.45, 2.75) is 24.9 Å². The third-order valence-corrected chi connectivity index (χ3v) is 4.83. The van der Waals surface area contributed by atoms with Gasteiger partial charge < -0.3 is 24.8 Å². The van der Waals surface area contributed by atoms with Crippen molar-refractivity contribution in [1.29, 1.82) is 0 Å². The fourth-order valence-electron chi connectivity index (χ4n) is 2.74. The third-order valence-electron chi connectivity index (χ3n) is 3.95. The van der Waals surface area contributed by atoms with Crippen LogP contribution in [0.25, 0.3) is 0 Å². The number of nitrogens with one attached hydrogen (secondary N) is 1. The van der Waals surface area contributed by atoms with Gasteiger partial charge in [0.15, 0.2) is 0 Å². The van der Waals surface area contributed by atoms with Crippen LogP contribution < -0.4 is 10.1 Å². The highest BCUT2D eigenvalue weighted by molar-refractivity contribution is 7.10. The van der Waals surface area contributed by atoms with E-state index in [1.54, 1.807) is 24.3 Å². The Morgan fingerprint density at radius 3 is 2.81 bits per heavy atom. The maximum absolute atomic E-state index is 12.2. The van der Waals surface area contributed by atoms with Gasteiger partial charge in [0.1, 0.15) is 12.4 Å². The minimum atomic E-state index is -1.39. The fraction of sp³-hybridized carbons (Fsp3) is 0.294. The molecule has 1 aliphatic rings. The van der Waals surface area contributed by atoms with Crippen LogP contribution in [0.1, 0.15) is 23.0 Å². The van der Waals surface area contributed by atoms with E-state index in [0.717, 1.165) is 4.88 Å². The van der Waals surface area contributed by atoms with Gasteiger partial charge in [-0.1, -0.05) is 24.3 Å². The van der Waals surface area contributed by atoms with Crippen LogP contribution in [0, 0.1) is 0 Å². The number of para-hydroxylation sites is 1. The molecule has 0 spiro atoms. The largest absolute Gasteiger partial charge is 0.492 e. The number of hydrogen-bond donors (Lipinski definition) is 3. The molecule has 2 heterocycles. The Morgan fingerprint density at radius 1 is 1.27 bits per heavy atom. The molecule has 2 aromatic rings. The number of carbonyl (C=O) groups is 2. The smallest absolute Gasteiger partial charge is 0.482 e. The normalized spacial score (nSPS) is 19.7. The lowest BCUT2D eigenvalue weighted by Crippen LogP contribution is -2.53. The molecule has 9 heteroatoms. The molecule has 1 aliphatic heterocycles. The molecule has 0 radical (unpaired) electrons. The van der Waals surface area contributed by atoms with Gasteiger partial charge in [-0.05, 0) is 17.5 Å². The number of fused-ring (bicyclic) bond motifs is 1. The molecule has 26 heavy (non-hydrogen) atoms. The number of benzene rings is 1. The van der Waals surface area contributed by atoms with Gasteiger partial charge in [-0.2, -0.15) is 0 Å². The van der Waals surface area contributed by atoms with Crippen molar-refractivity contribution in [1.82, 2.24) is 5.32 Å². The van der Waals surface area contributed by atoms with Crippen LogP contribution in [0.5, 0.6) is 5.75 Å². The molecule has 3 rings (SSSR count). The zero-order valence-corrected chi connectivity index (χ0v) is 14.6. The van der Waals surface area contributed by atoms with Gasteiger partial charge in [-0.25, -0.2) is 0 Å². The molecular weight excluding hydrogens is 357 g/mol. The topological polar surface area (TPSA) is 105 Å². The minimum absolute atomic E-state index is 0.00809. The van der Waals surface area contributed by atoms with Crippen LogP contribution >= 0.6 is 11.3 Å². The predicted octanol–water partition coefficient (Wildman–Crippen LogP) is 1.42. The van der Waals surface area contributed by atoms with E-state index in [2.05, 4.69) is 5.32 Å². The summed E-state index contributed by atoms with van der Waals surface area (Å²) >= 11 is 1.47. The van der Waals surface area contributed by atoms with Gasteiger partial charge in [0, 0.05) is 10.4 Å². The van der Waals surface area contributed by atoms with Crippen molar-refractivity contribution in [2.75, 3.05) is 6.61 Å². The summed E-state index contributed by atoms with van der Waals surface area (Å²) in [5, 5.41) is 24.1. The van der Waals surface area contributed by atoms with Gasteiger partial charge >= 0.3 is 13.1 Å². The average Bonchev–Trinajstić information content (AvgIpc) is 3.09. The molecule has 136 valence electrons. The number of amides is 1. The van der Waals surface area contributed by atoms with E-state index in [0.29, 0.717) is 11.3 Å². The lowest BCUT2D eigenvalue weighted by atomic mass is 9.77. The summed E-state index contributed by atoms with van der Waals surface area (Å²) in [6, 6.07) is 10.6. The number of carbonyl (C=O) groups excluding carboxylic acids is 1. The first-order valence-corrected chi connectivity index (χ1v) is 8.99. The standard InChI is InChI=1S/C17H18BNO6S/c20-16(8-11-4-3-7-26-11)19-15-10-24-13-6-2-1-5-12(13)14(9-17(21)22)25-18(15)23/h1-7,14-15,23H,8-10H2,(H,19,20)(H,21,22). The van der Waals surface area contributed by atoms with Crippen molar-refractivity contribution in [2.24, 2.45) is 0 Å². The second kappa shape index (κ2) is 8.35. The van der Waals surface area contributed by atoms with E-state index in [-0.39, 0.29) is 25.4 Å². The molecule has 1 aromatic carbocycles. The molecule has 7 nitrogen and oxygen atoms in total. The predicted molar refractivity (Wildman–Crippen MR) is 95.9 cm³/mol. The molecule has 2 unspecified atom stereocenters. The number of hydrogen-bond acceptors (Lipinski definition) is 6. The number of carboxylic acids is 1. The summed E-state index contributed by atoms with van der Waals surface area (Å²) in [6.07, 6.45) is -1.01. The Morgan fingerprint density at radius 2 is 2.08 bits per heavy atom. The average molecular weight is 375 g/mol. The molecule has 1 aromatic heterocycles. The van der Waals surface area contributed by atoms with Crippen LogP contribution in [0.15, 0.2) is 41.8 Å². The van der Waals surface area contributed by atoms with E-state index in [4.69, 9.17) is 14.5 Å². The van der Waals surface area contributed by atoms with Crippen LogP contribution in [-0.4, -0.2) is 41.7 Å². The number of rotatable bonds is 5. The number of aliphatic carboxylic acids is 1. The quantitative estimate of drug-likeness (QED) is 0.683. The second-order valence-electron chi connectivity index (χ2n) is 5.89. The monoisotopic (exact) mass is 375 g/mol. The van der Waals surface area contributed by atoms with Crippen molar-refractivity contribution < 1.29 is 29.1 Å². The molecule has 3 N–H and O–H groups in total. The highest BCUT2D eigenvalue weighted by Crippen LogP contribution is 2.32. The summed E-state index contributed by atoms with van der Waals surface area (Å²) in [5.74, 6) is -1.67. The first kappa shape index (κ1) is 18.4. The highest BCUT2D eigenvalue weighted by Gasteiger charge is 2.36. The summed E-state index contributed by atoms with van der Waals surface area (Å²) in [7, 11) is -1.39. The van der Waals surface area contributed by atoms with E-state index < -0.39 is 25.1 Å². The van der Waals surface area contributed by atoms with Crippen molar-refractivity contribution >= 4 is 30.3 Å². The zero-order chi connectivity index (χ0) is 18.5. The molecule has 1 amide bonds. The Balaban J connectivity index is 1.73. The molecule has 0 fully saturated rings. The summed E-state index contributed by atoms with van der Waals surface area (Å²) in [4.78, 5) is 24.3. The van der Waals surface area contributed by atoms with Gasteiger partial charge in [0.25, 0.3) is 0 Å². The summed E-state index contributed by atoms with van der Waals surface area (Å²) in [6.45, 7) is 0.00809. The summed E-state index contributed by atoms with van der Waals surface area (Å²) < 4.78 is 11.3. The zero-order valence-electron chi connectivity index (χ0n) is 13.8. The van der Waals surface area contributed by atoms with Gasteiger partial charge in [-0.15, -0.1) is 11.3 Å². The molecular formula is C17H18BNO6S. The Bertz CT molecular complexity index is 768. The SMILES string of the molecule is O=C(O)CC1OB(O)C(NC(=O)Cc2cccs2)COc2ccccc21. The molecule has 0 saturated heterocycles. The van der Waals surface area contributed by atoms with Crippen LogP contribution in [0.3, 0.4) is 0 Å². The highest BCUT2D eigenvalue weighted by atomic mass is 32.1. The maximum atomic E-state index is 12.2. The molecule has 0 bridgehead atoms. The van der Waals surface area contributed by atoms with E-state index in [1.165, 1.54) is 11.3 Å². The maximum Gasteiger partial charge on any atom is 0.482 e. The number of carboxylic acid groups (broad SMARTS) is 1. The Hall–Kier alpha value is -2.36. The minimum Gasteiger partial charge on any atom is -0.492 e. The molecule has 2 atom stereocenters.